The molecule has 1 atom stereocenters. The molecule has 1 N–H and O–H groups in total. The maximum atomic E-state index is 12.4. The van der Waals surface area contributed by atoms with Gasteiger partial charge in [0, 0.05) is 44.5 Å². The Labute approximate surface area is 150 Å². The van der Waals surface area contributed by atoms with Crippen molar-refractivity contribution in [1.82, 2.24) is 4.90 Å². The number of benzene rings is 1. The lowest BCUT2D eigenvalue weighted by atomic mass is 9.94. The molecule has 0 radical (unpaired) electrons. The maximum Gasteiger partial charge on any atom is 0.229 e. The molecule has 2 saturated heterocycles. The molecule has 3 rings (SSSR count). The number of nitrogens with one attached hydrogen (secondary N) is 1. The fourth-order valence-corrected chi connectivity index (χ4v) is 3.95. The molecule has 1 aromatic carbocycles. The van der Waals surface area contributed by atoms with Gasteiger partial charge in [-0.2, -0.15) is 0 Å². The molecular formula is C20H29N3O2. The fourth-order valence-electron chi connectivity index (χ4n) is 3.95. The molecule has 0 aliphatic carbocycles. The molecule has 0 aromatic heterocycles. The third kappa shape index (κ3) is 3.97. The van der Waals surface area contributed by atoms with E-state index in [1.54, 1.807) is 11.9 Å². The number of carbonyl (C=O) groups excluding carboxylic acids is 2. The highest BCUT2D eigenvalue weighted by molar-refractivity contribution is 5.97. The van der Waals surface area contributed by atoms with E-state index in [0.717, 1.165) is 24.7 Å². The summed E-state index contributed by atoms with van der Waals surface area (Å²) in [6.45, 7) is 7.11. The van der Waals surface area contributed by atoms with Crippen LogP contribution in [-0.2, 0) is 9.59 Å². The van der Waals surface area contributed by atoms with Gasteiger partial charge in [-0.3, -0.25) is 9.59 Å². The van der Waals surface area contributed by atoms with E-state index in [1.165, 1.54) is 30.5 Å². The first-order valence-electron chi connectivity index (χ1n) is 9.38. The smallest absolute Gasteiger partial charge is 0.229 e. The minimum absolute atomic E-state index is 0.0437. The fraction of sp³-hybridized carbons (Fsp3) is 0.600. The molecule has 2 amide bonds. The summed E-state index contributed by atoms with van der Waals surface area (Å²) in [5, 5.41) is 2.98. The molecule has 25 heavy (non-hydrogen) atoms. The van der Waals surface area contributed by atoms with Crippen molar-refractivity contribution < 1.29 is 9.59 Å². The number of nitrogens with zero attached hydrogens (tertiary/aromatic N) is 2. The van der Waals surface area contributed by atoms with Crippen molar-refractivity contribution in [1.29, 1.82) is 0 Å². The van der Waals surface area contributed by atoms with Gasteiger partial charge in [-0.05, 0) is 49.4 Å². The zero-order valence-electron chi connectivity index (χ0n) is 15.5. The summed E-state index contributed by atoms with van der Waals surface area (Å²) in [4.78, 5) is 28.1. The van der Waals surface area contributed by atoms with Crippen LogP contribution in [0, 0.1) is 18.8 Å². The van der Waals surface area contributed by atoms with Crippen molar-refractivity contribution in [2.45, 2.75) is 39.5 Å². The van der Waals surface area contributed by atoms with Gasteiger partial charge in [0.05, 0.1) is 5.92 Å². The molecule has 136 valence electrons. The van der Waals surface area contributed by atoms with Crippen molar-refractivity contribution >= 4 is 23.2 Å². The monoisotopic (exact) mass is 343 g/mol. The molecule has 2 aliphatic rings. The first-order valence-corrected chi connectivity index (χ1v) is 9.38. The predicted molar refractivity (Wildman–Crippen MR) is 101 cm³/mol. The number of anilines is 2. The third-order valence-corrected chi connectivity index (χ3v) is 5.71. The molecule has 0 spiro atoms. The summed E-state index contributed by atoms with van der Waals surface area (Å²) in [7, 11) is 1.75. The lowest BCUT2D eigenvalue weighted by molar-refractivity contribution is -0.127. The Kier molecular flexibility index (Phi) is 5.30. The van der Waals surface area contributed by atoms with Gasteiger partial charge in [-0.25, -0.2) is 0 Å². The average molecular weight is 343 g/mol. The van der Waals surface area contributed by atoms with E-state index in [1.807, 2.05) is 12.1 Å². The molecule has 5 heteroatoms. The Morgan fingerprint density at radius 2 is 2.00 bits per heavy atom. The summed E-state index contributed by atoms with van der Waals surface area (Å²) in [6, 6.07) is 6.13. The Bertz CT molecular complexity index is 650. The summed E-state index contributed by atoms with van der Waals surface area (Å²) in [5.74, 6) is 0.601. The summed E-state index contributed by atoms with van der Waals surface area (Å²) >= 11 is 0. The normalized spacial score (nSPS) is 21.7. The van der Waals surface area contributed by atoms with Gasteiger partial charge in [0.2, 0.25) is 11.8 Å². The van der Waals surface area contributed by atoms with E-state index in [2.05, 4.69) is 30.1 Å². The highest BCUT2D eigenvalue weighted by atomic mass is 16.2. The van der Waals surface area contributed by atoms with Crippen LogP contribution in [0.3, 0.4) is 0 Å². The Morgan fingerprint density at radius 1 is 1.28 bits per heavy atom. The van der Waals surface area contributed by atoms with Gasteiger partial charge in [-0.15, -0.1) is 0 Å². The SMILES string of the molecule is CCC1CCN(c2ccc(NC(=O)C3CC(=O)N(C)C3)cc2C)CC1. The van der Waals surface area contributed by atoms with Gasteiger partial charge < -0.3 is 15.1 Å². The van der Waals surface area contributed by atoms with Crippen LogP contribution in [0.1, 0.15) is 38.2 Å². The summed E-state index contributed by atoms with van der Waals surface area (Å²) in [5.41, 5.74) is 3.27. The zero-order chi connectivity index (χ0) is 18.0. The van der Waals surface area contributed by atoms with E-state index >= 15 is 0 Å². The third-order valence-electron chi connectivity index (χ3n) is 5.71. The summed E-state index contributed by atoms with van der Waals surface area (Å²) in [6.07, 6.45) is 4.11. The Morgan fingerprint density at radius 3 is 2.56 bits per heavy atom. The number of piperidine rings is 1. The Balaban J connectivity index is 1.62. The molecule has 2 heterocycles. The van der Waals surface area contributed by atoms with Crippen molar-refractivity contribution in [3.05, 3.63) is 23.8 Å². The van der Waals surface area contributed by atoms with E-state index in [4.69, 9.17) is 0 Å². The number of carbonyl (C=O) groups is 2. The zero-order valence-corrected chi connectivity index (χ0v) is 15.5. The van der Waals surface area contributed by atoms with Crippen molar-refractivity contribution in [2.75, 3.05) is 36.9 Å². The largest absolute Gasteiger partial charge is 0.371 e. The van der Waals surface area contributed by atoms with Crippen LogP contribution < -0.4 is 10.2 Å². The number of hydrogen-bond donors (Lipinski definition) is 1. The van der Waals surface area contributed by atoms with Gasteiger partial charge >= 0.3 is 0 Å². The number of aryl methyl sites for hydroxylation is 1. The molecule has 5 nitrogen and oxygen atoms in total. The van der Waals surface area contributed by atoms with Crippen LogP contribution in [0.15, 0.2) is 18.2 Å². The molecule has 2 fully saturated rings. The first-order chi connectivity index (χ1) is 12.0. The van der Waals surface area contributed by atoms with Gasteiger partial charge in [0.15, 0.2) is 0 Å². The first kappa shape index (κ1) is 17.8. The summed E-state index contributed by atoms with van der Waals surface area (Å²) < 4.78 is 0. The number of likely N-dealkylation sites (tertiary alicyclic amines) is 1. The molecular weight excluding hydrogens is 314 g/mol. The second kappa shape index (κ2) is 7.46. The minimum atomic E-state index is -0.245. The number of hydrogen-bond acceptors (Lipinski definition) is 3. The predicted octanol–water partition coefficient (Wildman–Crippen LogP) is 3.04. The van der Waals surface area contributed by atoms with E-state index < -0.39 is 0 Å². The van der Waals surface area contributed by atoms with Crippen LogP contribution in [-0.4, -0.2) is 43.4 Å². The van der Waals surface area contributed by atoms with Crippen LogP contribution >= 0.6 is 0 Å². The second-order valence-electron chi connectivity index (χ2n) is 7.50. The van der Waals surface area contributed by atoms with Crippen LogP contribution in [0.2, 0.25) is 0 Å². The minimum Gasteiger partial charge on any atom is -0.371 e. The van der Waals surface area contributed by atoms with Gasteiger partial charge in [0.25, 0.3) is 0 Å². The maximum absolute atomic E-state index is 12.4. The van der Waals surface area contributed by atoms with E-state index in [9.17, 15) is 9.59 Å². The van der Waals surface area contributed by atoms with Crippen molar-refractivity contribution in [3.63, 3.8) is 0 Å². The molecule has 0 saturated carbocycles. The second-order valence-corrected chi connectivity index (χ2v) is 7.50. The number of amides is 2. The molecule has 1 aromatic rings. The van der Waals surface area contributed by atoms with Crippen LogP contribution in [0.25, 0.3) is 0 Å². The topological polar surface area (TPSA) is 52.7 Å². The average Bonchev–Trinajstić information content (AvgIpc) is 2.94. The highest BCUT2D eigenvalue weighted by Gasteiger charge is 2.32. The standard InChI is InChI=1S/C20H29N3O2/c1-4-15-7-9-23(10-8-15)18-6-5-17(11-14(18)2)21-20(25)16-12-19(24)22(3)13-16/h5-6,11,15-16H,4,7-10,12-13H2,1-3H3,(H,21,25). The molecule has 2 aliphatic heterocycles. The Hall–Kier alpha value is -2.04. The van der Waals surface area contributed by atoms with Crippen LogP contribution in [0.5, 0.6) is 0 Å². The van der Waals surface area contributed by atoms with Gasteiger partial charge in [-0.1, -0.05) is 13.3 Å². The lowest BCUT2D eigenvalue weighted by Gasteiger charge is -2.34. The van der Waals surface area contributed by atoms with Crippen molar-refractivity contribution in [2.24, 2.45) is 11.8 Å². The number of rotatable bonds is 4. The molecule has 1 unspecified atom stereocenters. The van der Waals surface area contributed by atoms with E-state index in [0.29, 0.717) is 13.0 Å². The van der Waals surface area contributed by atoms with Crippen LogP contribution in [0.4, 0.5) is 11.4 Å². The highest BCUT2D eigenvalue weighted by Crippen LogP contribution is 2.29. The van der Waals surface area contributed by atoms with Crippen molar-refractivity contribution in [3.8, 4) is 0 Å². The van der Waals surface area contributed by atoms with E-state index in [-0.39, 0.29) is 17.7 Å². The lowest BCUT2D eigenvalue weighted by Crippen LogP contribution is -2.33. The van der Waals surface area contributed by atoms with Gasteiger partial charge in [0.1, 0.15) is 0 Å². The quantitative estimate of drug-likeness (QED) is 0.914. The molecule has 0 bridgehead atoms.